The van der Waals surface area contributed by atoms with E-state index < -0.39 is 0 Å². The minimum absolute atomic E-state index is 0.0142. The molecule has 1 unspecified atom stereocenters. The van der Waals surface area contributed by atoms with Crippen molar-refractivity contribution in [1.29, 1.82) is 0 Å². The van der Waals surface area contributed by atoms with Crippen LogP contribution in [0.2, 0.25) is 0 Å². The third-order valence-electron chi connectivity index (χ3n) is 4.89. The zero-order valence-corrected chi connectivity index (χ0v) is 15.3. The van der Waals surface area contributed by atoms with Crippen LogP contribution in [0.4, 0.5) is 16.2 Å². The number of piperazine rings is 1. The topological polar surface area (TPSA) is 35.6 Å². The van der Waals surface area contributed by atoms with Gasteiger partial charge in [-0.25, -0.2) is 4.79 Å². The molecule has 1 atom stereocenters. The summed E-state index contributed by atoms with van der Waals surface area (Å²) < 4.78 is 0. The Morgan fingerprint density at radius 2 is 1.76 bits per heavy atom. The molecule has 2 aromatic carbocycles. The van der Waals surface area contributed by atoms with Gasteiger partial charge in [0.15, 0.2) is 0 Å². The largest absolute Gasteiger partial charge is 0.365 e. The second kappa shape index (κ2) is 7.60. The predicted molar refractivity (Wildman–Crippen MR) is 104 cm³/mol. The molecule has 1 N–H and O–H groups in total. The third kappa shape index (κ3) is 4.13. The van der Waals surface area contributed by atoms with Gasteiger partial charge in [0.05, 0.1) is 0 Å². The summed E-state index contributed by atoms with van der Waals surface area (Å²) in [6.07, 6.45) is 1.01. The van der Waals surface area contributed by atoms with Crippen LogP contribution in [0.5, 0.6) is 0 Å². The highest BCUT2D eigenvalue weighted by Gasteiger charge is 2.26. The number of carbonyl (C=O) groups excluding carboxylic acids is 1. The number of amides is 2. The van der Waals surface area contributed by atoms with Crippen molar-refractivity contribution < 1.29 is 4.79 Å². The summed E-state index contributed by atoms with van der Waals surface area (Å²) in [5.74, 6) is 0. The molecule has 1 heterocycles. The number of benzene rings is 2. The molecule has 4 nitrogen and oxygen atoms in total. The van der Waals surface area contributed by atoms with Gasteiger partial charge in [-0.1, -0.05) is 36.8 Å². The van der Waals surface area contributed by atoms with E-state index in [-0.39, 0.29) is 6.03 Å². The maximum atomic E-state index is 12.6. The molecular weight excluding hydrogens is 310 g/mol. The predicted octanol–water partition coefficient (Wildman–Crippen LogP) is 4.30. The van der Waals surface area contributed by atoms with Crippen LogP contribution in [0.3, 0.4) is 0 Å². The normalized spacial score (nSPS) is 17.5. The number of carbonyl (C=O) groups is 1. The Balaban J connectivity index is 1.59. The molecule has 0 spiro atoms. The van der Waals surface area contributed by atoms with Gasteiger partial charge >= 0.3 is 6.03 Å². The molecule has 2 amide bonds. The van der Waals surface area contributed by atoms with Crippen molar-refractivity contribution >= 4 is 17.4 Å². The van der Waals surface area contributed by atoms with Crippen molar-refractivity contribution in [3.63, 3.8) is 0 Å². The zero-order valence-electron chi connectivity index (χ0n) is 15.3. The van der Waals surface area contributed by atoms with E-state index in [1.165, 1.54) is 16.8 Å². The van der Waals surface area contributed by atoms with Crippen LogP contribution in [0.25, 0.3) is 0 Å². The van der Waals surface area contributed by atoms with Gasteiger partial charge in [-0.3, -0.25) is 0 Å². The summed E-state index contributed by atoms with van der Waals surface area (Å²) >= 11 is 0. The summed E-state index contributed by atoms with van der Waals surface area (Å²) in [7, 11) is 0. The number of urea groups is 1. The molecule has 1 fully saturated rings. The molecule has 0 saturated carbocycles. The lowest BCUT2D eigenvalue weighted by Gasteiger charge is -2.41. The van der Waals surface area contributed by atoms with Crippen LogP contribution in [0.15, 0.2) is 48.5 Å². The Labute approximate surface area is 150 Å². The summed E-state index contributed by atoms with van der Waals surface area (Å²) in [6.45, 7) is 8.72. The third-order valence-corrected chi connectivity index (χ3v) is 4.89. The van der Waals surface area contributed by atoms with E-state index in [0.29, 0.717) is 6.04 Å². The van der Waals surface area contributed by atoms with Crippen molar-refractivity contribution in [2.75, 3.05) is 29.9 Å². The van der Waals surface area contributed by atoms with E-state index in [9.17, 15) is 4.79 Å². The molecule has 132 valence electrons. The minimum Gasteiger partial charge on any atom is -0.365 e. The van der Waals surface area contributed by atoms with Gasteiger partial charge in [0.2, 0.25) is 0 Å². The van der Waals surface area contributed by atoms with Gasteiger partial charge in [0, 0.05) is 37.1 Å². The van der Waals surface area contributed by atoms with Crippen molar-refractivity contribution in [2.45, 2.75) is 33.2 Å². The number of aryl methyl sites for hydroxylation is 2. The summed E-state index contributed by atoms with van der Waals surface area (Å²) in [4.78, 5) is 16.8. The molecule has 25 heavy (non-hydrogen) atoms. The number of anilines is 2. The lowest BCUT2D eigenvalue weighted by molar-refractivity contribution is 0.200. The van der Waals surface area contributed by atoms with Crippen molar-refractivity contribution in [3.05, 3.63) is 59.7 Å². The Morgan fingerprint density at radius 3 is 2.36 bits per heavy atom. The zero-order chi connectivity index (χ0) is 17.8. The number of nitrogens with zero attached hydrogens (tertiary/aromatic N) is 2. The maximum Gasteiger partial charge on any atom is 0.321 e. The molecule has 1 aliphatic rings. The van der Waals surface area contributed by atoms with Gasteiger partial charge in [-0.2, -0.15) is 0 Å². The first kappa shape index (κ1) is 17.3. The van der Waals surface area contributed by atoms with E-state index in [0.717, 1.165) is 31.7 Å². The van der Waals surface area contributed by atoms with E-state index in [1.807, 2.05) is 17.0 Å². The van der Waals surface area contributed by atoms with Crippen molar-refractivity contribution in [3.8, 4) is 0 Å². The Kier molecular flexibility index (Phi) is 5.27. The Hall–Kier alpha value is -2.49. The number of hydrogen-bond donors (Lipinski definition) is 1. The molecule has 0 bridgehead atoms. The summed E-state index contributed by atoms with van der Waals surface area (Å²) in [5.41, 5.74) is 4.63. The minimum atomic E-state index is -0.0142. The van der Waals surface area contributed by atoms with Crippen LogP contribution in [0.1, 0.15) is 25.0 Å². The second-order valence-electron chi connectivity index (χ2n) is 6.80. The molecular formula is C21H27N3O. The fraction of sp³-hybridized carbons (Fsp3) is 0.381. The van der Waals surface area contributed by atoms with Gasteiger partial charge in [-0.05, 0) is 50.1 Å². The van der Waals surface area contributed by atoms with Gasteiger partial charge in [-0.15, -0.1) is 0 Å². The monoisotopic (exact) mass is 337 g/mol. The van der Waals surface area contributed by atoms with Crippen molar-refractivity contribution in [2.24, 2.45) is 0 Å². The number of hydrogen-bond acceptors (Lipinski definition) is 2. The second-order valence-corrected chi connectivity index (χ2v) is 6.80. The van der Waals surface area contributed by atoms with E-state index in [1.54, 1.807) is 0 Å². The highest BCUT2D eigenvalue weighted by atomic mass is 16.2. The van der Waals surface area contributed by atoms with Crippen LogP contribution < -0.4 is 10.2 Å². The average molecular weight is 337 g/mol. The first-order valence-electron chi connectivity index (χ1n) is 9.05. The Morgan fingerprint density at radius 1 is 1.08 bits per heavy atom. The first-order chi connectivity index (χ1) is 12.1. The summed E-state index contributed by atoms with van der Waals surface area (Å²) in [5, 5.41) is 3.01. The fourth-order valence-electron chi connectivity index (χ4n) is 3.29. The lowest BCUT2D eigenvalue weighted by atomic mass is 10.1. The van der Waals surface area contributed by atoms with Crippen molar-refractivity contribution in [1.82, 2.24) is 4.90 Å². The van der Waals surface area contributed by atoms with Gasteiger partial charge < -0.3 is 15.1 Å². The van der Waals surface area contributed by atoms with Gasteiger partial charge in [0.25, 0.3) is 0 Å². The van der Waals surface area contributed by atoms with E-state index >= 15 is 0 Å². The first-order valence-corrected chi connectivity index (χ1v) is 9.05. The fourth-order valence-corrected chi connectivity index (χ4v) is 3.29. The molecule has 1 aliphatic heterocycles. The maximum absolute atomic E-state index is 12.6. The molecule has 4 heteroatoms. The molecule has 0 aromatic heterocycles. The highest BCUT2D eigenvalue weighted by molar-refractivity contribution is 5.89. The molecule has 2 aromatic rings. The molecule has 0 aliphatic carbocycles. The summed E-state index contributed by atoms with van der Waals surface area (Å²) in [6, 6.07) is 17.0. The highest BCUT2D eigenvalue weighted by Crippen LogP contribution is 2.21. The lowest BCUT2D eigenvalue weighted by Crippen LogP contribution is -2.54. The van der Waals surface area contributed by atoms with Crippen LogP contribution >= 0.6 is 0 Å². The van der Waals surface area contributed by atoms with Crippen LogP contribution in [-0.2, 0) is 6.42 Å². The Bertz CT molecular complexity index is 709. The standard InChI is InChI=1S/C21H27N3O/c1-4-18-7-9-19(10-8-18)22-21(25)23-13-14-24(17(3)15-23)20-11-5-16(2)6-12-20/h5-12,17H,4,13-15H2,1-3H3,(H,22,25). The van der Waals surface area contributed by atoms with Crippen LogP contribution in [0, 0.1) is 6.92 Å². The van der Waals surface area contributed by atoms with Crippen LogP contribution in [-0.4, -0.2) is 36.6 Å². The SMILES string of the molecule is CCc1ccc(NC(=O)N2CCN(c3ccc(C)cc3)C(C)C2)cc1. The quantitative estimate of drug-likeness (QED) is 0.906. The average Bonchev–Trinajstić information content (AvgIpc) is 2.63. The number of nitrogens with one attached hydrogen (secondary N) is 1. The smallest absolute Gasteiger partial charge is 0.321 e. The van der Waals surface area contributed by atoms with E-state index in [4.69, 9.17) is 0 Å². The molecule has 3 rings (SSSR count). The van der Waals surface area contributed by atoms with E-state index in [2.05, 4.69) is 67.4 Å². The number of rotatable bonds is 3. The molecule has 1 saturated heterocycles. The molecule has 0 radical (unpaired) electrons. The van der Waals surface area contributed by atoms with Gasteiger partial charge in [0.1, 0.15) is 0 Å².